The second-order valence-corrected chi connectivity index (χ2v) is 6.61. The number of carbonyl (C=O) groups is 1. The first-order valence-electron chi connectivity index (χ1n) is 8.61. The Hall–Kier alpha value is -3.16. The Morgan fingerprint density at radius 3 is 3.04 bits per heavy atom. The van der Waals surface area contributed by atoms with Crippen molar-refractivity contribution < 1.29 is 4.79 Å². The van der Waals surface area contributed by atoms with Crippen LogP contribution in [0.25, 0.3) is 22.6 Å². The topological polar surface area (TPSA) is 113 Å². The molecule has 1 saturated heterocycles. The number of anilines is 2. The number of rotatable bonds is 3. The summed E-state index contributed by atoms with van der Waals surface area (Å²) >= 11 is 0. The first-order valence-corrected chi connectivity index (χ1v) is 8.61. The second-order valence-electron chi connectivity index (χ2n) is 6.61. The first kappa shape index (κ1) is 16.3. The van der Waals surface area contributed by atoms with E-state index in [0.29, 0.717) is 29.7 Å². The summed E-state index contributed by atoms with van der Waals surface area (Å²) in [5, 5.41) is 2.71. The van der Waals surface area contributed by atoms with Gasteiger partial charge in [0, 0.05) is 20.1 Å². The maximum atomic E-state index is 11.9. The molecule has 0 radical (unpaired) electrons. The minimum absolute atomic E-state index is 0.0306. The number of nitrogens with two attached hydrogens (primary N) is 1. The smallest absolute Gasteiger partial charge is 0.224 e. The fourth-order valence-corrected chi connectivity index (χ4v) is 3.34. The number of aryl methyl sites for hydroxylation is 1. The van der Waals surface area contributed by atoms with Crippen LogP contribution < -0.4 is 16.0 Å². The third-order valence-electron chi connectivity index (χ3n) is 4.78. The van der Waals surface area contributed by atoms with Gasteiger partial charge in [0.1, 0.15) is 5.82 Å². The summed E-state index contributed by atoms with van der Waals surface area (Å²) in [6.45, 7) is 3.41. The molecule has 0 aliphatic carbocycles. The molecule has 0 saturated carbocycles. The van der Waals surface area contributed by atoms with Crippen molar-refractivity contribution in [3.05, 3.63) is 30.0 Å². The number of hydrogen-bond donors (Lipinski definition) is 3. The highest BCUT2D eigenvalue weighted by atomic mass is 16.1. The molecule has 1 aliphatic rings. The Labute approximate surface area is 150 Å². The Morgan fingerprint density at radius 1 is 1.38 bits per heavy atom. The Morgan fingerprint density at radius 2 is 2.23 bits per heavy atom. The summed E-state index contributed by atoms with van der Waals surface area (Å²) in [7, 11) is 1.66. The van der Waals surface area contributed by atoms with Crippen LogP contribution in [-0.4, -0.2) is 46.0 Å². The lowest BCUT2D eigenvalue weighted by Crippen LogP contribution is -2.30. The number of carbonyl (C=O) groups excluding carboxylic acids is 1. The van der Waals surface area contributed by atoms with Gasteiger partial charge in [0.15, 0.2) is 17.3 Å². The van der Waals surface area contributed by atoms with Gasteiger partial charge in [-0.3, -0.25) is 4.79 Å². The number of H-pyrrole nitrogens is 1. The van der Waals surface area contributed by atoms with E-state index in [9.17, 15) is 4.79 Å². The number of nitrogen functional groups attached to an aromatic ring is 1. The summed E-state index contributed by atoms with van der Waals surface area (Å²) in [4.78, 5) is 30.7. The Bertz CT molecular complexity index is 981. The minimum atomic E-state index is -0.0306. The van der Waals surface area contributed by atoms with Gasteiger partial charge in [-0.2, -0.15) is 0 Å². The van der Waals surface area contributed by atoms with Crippen molar-refractivity contribution >= 4 is 28.6 Å². The number of hydrogen-bond acceptors (Lipinski definition) is 6. The molecule has 0 bridgehead atoms. The van der Waals surface area contributed by atoms with Crippen molar-refractivity contribution in [2.45, 2.75) is 13.3 Å². The largest absolute Gasteiger partial charge is 0.382 e. The average molecular weight is 351 g/mol. The number of nitrogens with zero attached hydrogens (tertiary/aromatic N) is 4. The third kappa shape index (κ3) is 2.83. The van der Waals surface area contributed by atoms with Crippen LogP contribution in [0.4, 0.5) is 11.6 Å². The van der Waals surface area contributed by atoms with E-state index in [2.05, 4.69) is 30.2 Å². The maximum Gasteiger partial charge on any atom is 0.224 e. The highest BCUT2D eigenvalue weighted by molar-refractivity contribution is 5.82. The SMILES string of the molecule is CNC(=O)[C@H]1CCN(c2cnc(N)c(-c3nc4ccc(C)cc4[nH]3)n2)C1. The molecule has 1 fully saturated rings. The number of aromatic nitrogens is 4. The van der Waals surface area contributed by atoms with Gasteiger partial charge in [0.2, 0.25) is 5.91 Å². The average Bonchev–Trinajstić information content (AvgIpc) is 3.28. The summed E-state index contributed by atoms with van der Waals surface area (Å²) < 4.78 is 0. The lowest BCUT2D eigenvalue weighted by atomic mass is 10.1. The highest BCUT2D eigenvalue weighted by Crippen LogP contribution is 2.28. The zero-order valence-corrected chi connectivity index (χ0v) is 14.8. The van der Waals surface area contributed by atoms with Gasteiger partial charge in [0.05, 0.1) is 23.1 Å². The van der Waals surface area contributed by atoms with E-state index in [1.165, 1.54) is 0 Å². The summed E-state index contributed by atoms with van der Waals surface area (Å²) in [5.41, 5.74) is 9.53. The van der Waals surface area contributed by atoms with Gasteiger partial charge in [-0.15, -0.1) is 0 Å². The molecule has 4 N–H and O–H groups in total. The van der Waals surface area contributed by atoms with Gasteiger partial charge >= 0.3 is 0 Å². The fraction of sp³-hybridized carbons (Fsp3) is 0.333. The predicted octanol–water partition coefficient (Wildman–Crippen LogP) is 1.48. The fourth-order valence-electron chi connectivity index (χ4n) is 3.34. The van der Waals surface area contributed by atoms with Crippen molar-refractivity contribution in [3.8, 4) is 11.5 Å². The van der Waals surface area contributed by atoms with Crippen LogP contribution in [0, 0.1) is 12.8 Å². The Balaban J connectivity index is 1.67. The van der Waals surface area contributed by atoms with Crippen LogP contribution in [0.2, 0.25) is 0 Å². The van der Waals surface area contributed by atoms with E-state index in [1.54, 1.807) is 13.2 Å². The van der Waals surface area contributed by atoms with Gasteiger partial charge in [0.25, 0.3) is 0 Å². The molecule has 134 valence electrons. The summed E-state index contributed by atoms with van der Waals surface area (Å²) in [5.74, 6) is 1.66. The van der Waals surface area contributed by atoms with Crippen LogP contribution in [0.1, 0.15) is 12.0 Å². The van der Waals surface area contributed by atoms with E-state index in [-0.39, 0.29) is 11.8 Å². The summed E-state index contributed by atoms with van der Waals surface area (Å²) in [6, 6.07) is 6.02. The molecule has 8 nitrogen and oxygen atoms in total. The number of amides is 1. The lowest BCUT2D eigenvalue weighted by Gasteiger charge is -2.17. The molecule has 0 spiro atoms. The van der Waals surface area contributed by atoms with Gasteiger partial charge < -0.3 is 20.9 Å². The number of imidazole rings is 1. The van der Waals surface area contributed by atoms with Crippen LogP contribution >= 0.6 is 0 Å². The highest BCUT2D eigenvalue weighted by Gasteiger charge is 2.29. The van der Waals surface area contributed by atoms with Crippen molar-refractivity contribution in [2.24, 2.45) is 5.92 Å². The lowest BCUT2D eigenvalue weighted by molar-refractivity contribution is -0.123. The van der Waals surface area contributed by atoms with Gasteiger partial charge in [-0.05, 0) is 31.0 Å². The zero-order valence-electron chi connectivity index (χ0n) is 14.8. The third-order valence-corrected chi connectivity index (χ3v) is 4.78. The standard InChI is InChI=1S/C18H21N7O/c1-10-3-4-12-13(7-10)23-17(22-12)15-16(19)21-8-14(24-15)25-6-5-11(9-25)18(26)20-2/h3-4,7-8,11H,5-6,9H2,1-2H3,(H2,19,21)(H,20,26)(H,22,23)/t11-/m0/s1. The van der Waals surface area contributed by atoms with Crippen LogP contribution in [0.3, 0.4) is 0 Å². The van der Waals surface area contributed by atoms with E-state index in [4.69, 9.17) is 5.73 Å². The molecular weight excluding hydrogens is 330 g/mol. The molecular formula is C18H21N7O. The van der Waals surface area contributed by atoms with E-state index in [1.807, 2.05) is 25.1 Å². The molecule has 1 amide bonds. The van der Waals surface area contributed by atoms with Crippen molar-refractivity contribution in [3.63, 3.8) is 0 Å². The second kappa shape index (κ2) is 6.29. The molecule has 8 heteroatoms. The molecule has 2 aromatic heterocycles. The Kier molecular flexibility index (Phi) is 3.95. The van der Waals surface area contributed by atoms with E-state index < -0.39 is 0 Å². The number of benzene rings is 1. The monoisotopic (exact) mass is 351 g/mol. The van der Waals surface area contributed by atoms with E-state index in [0.717, 1.165) is 29.6 Å². The number of aromatic amines is 1. The minimum Gasteiger partial charge on any atom is -0.382 e. The maximum absolute atomic E-state index is 11.9. The molecule has 3 aromatic rings. The van der Waals surface area contributed by atoms with Crippen LogP contribution in [-0.2, 0) is 4.79 Å². The zero-order chi connectivity index (χ0) is 18.3. The van der Waals surface area contributed by atoms with E-state index >= 15 is 0 Å². The first-order chi connectivity index (χ1) is 12.5. The quantitative estimate of drug-likeness (QED) is 0.659. The van der Waals surface area contributed by atoms with Crippen molar-refractivity contribution in [2.75, 3.05) is 30.8 Å². The van der Waals surface area contributed by atoms with Crippen molar-refractivity contribution in [1.29, 1.82) is 0 Å². The number of nitrogens with one attached hydrogen (secondary N) is 2. The van der Waals surface area contributed by atoms with Crippen LogP contribution in [0.5, 0.6) is 0 Å². The number of fused-ring (bicyclic) bond motifs is 1. The summed E-state index contributed by atoms with van der Waals surface area (Å²) in [6.07, 6.45) is 2.45. The molecule has 1 aliphatic heterocycles. The van der Waals surface area contributed by atoms with Gasteiger partial charge in [-0.25, -0.2) is 15.0 Å². The molecule has 4 rings (SSSR count). The van der Waals surface area contributed by atoms with Gasteiger partial charge in [-0.1, -0.05) is 6.07 Å². The molecule has 1 aromatic carbocycles. The normalized spacial score (nSPS) is 17.0. The molecule has 1 atom stereocenters. The molecule has 0 unspecified atom stereocenters. The molecule has 3 heterocycles. The predicted molar refractivity (Wildman–Crippen MR) is 101 cm³/mol. The van der Waals surface area contributed by atoms with Crippen LogP contribution in [0.15, 0.2) is 24.4 Å². The van der Waals surface area contributed by atoms with Crippen molar-refractivity contribution in [1.82, 2.24) is 25.3 Å². The molecule has 26 heavy (non-hydrogen) atoms.